The smallest absolute Gasteiger partial charge is 0.252 e. The van der Waals surface area contributed by atoms with Gasteiger partial charge in [0.25, 0.3) is 5.91 Å². The number of benzene rings is 1. The molecule has 0 saturated heterocycles. The van der Waals surface area contributed by atoms with Crippen LogP contribution in [0.4, 0.5) is 0 Å². The zero-order chi connectivity index (χ0) is 17.1. The Bertz CT molecular complexity index is 866. The maximum absolute atomic E-state index is 12.7. The molecule has 0 spiro atoms. The molecule has 0 unspecified atom stereocenters. The molecule has 0 bridgehead atoms. The number of carbonyl (C=O) groups is 1. The van der Waals surface area contributed by atoms with Crippen molar-refractivity contribution in [2.24, 2.45) is 0 Å². The lowest BCUT2D eigenvalue weighted by atomic mass is 10.1. The van der Waals surface area contributed by atoms with Gasteiger partial charge in [0.2, 0.25) is 0 Å². The molecule has 0 fully saturated rings. The van der Waals surface area contributed by atoms with Crippen molar-refractivity contribution in [2.45, 2.75) is 38.6 Å². The van der Waals surface area contributed by atoms with Gasteiger partial charge in [-0.1, -0.05) is 24.6 Å². The number of fused-ring (bicyclic) bond motifs is 1. The number of carbonyl (C=O) groups excluding carboxylic acids is 1. The minimum Gasteiger partial charge on any atom is -0.346 e. The topological polar surface area (TPSA) is 86.5 Å². The summed E-state index contributed by atoms with van der Waals surface area (Å²) in [5, 5.41) is 10.6. The van der Waals surface area contributed by atoms with Crippen LogP contribution in [0.15, 0.2) is 36.7 Å². The molecule has 0 aliphatic heterocycles. The number of amides is 1. The average Bonchev–Trinajstić information content (AvgIpc) is 3.25. The van der Waals surface area contributed by atoms with Gasteiger partial charge in [-0.05, 0) is 37.3 Å². The van der Waals surface area contributed by atoms with E-state index in [4.69, 9.17) is 0 Å². The third kappa shape index (κ3) is 3.20. The van der Waals surface area contributed by atoms with E-state index in [-0.39, 0.29) is 5.91 Å². The lowest BCUT2D eigenvalue weighted by Gasteiger charge is -2.09. The Morgan fingerprint density at radius 2 is 2.04 bits per heavy atom. The van der Waals surface area contributed by atoms with Crippen molar-refractivity contribution >= 4 is 5.91 Å². The van der Waals surface area contributed by atoms with E-state index in [1.807, 2.05) is 24.3 Å². The predicted molar refractivity (Wildman–Crippen MR) is 95.0 cm³/mol. The Kier molecular flexibility index (Phi) is 4.33. The highest BCUT2D eigenvalue weighted by Crippen LogP contribution is 2.22. The van der Waals surface area contributed by atoms with Crippen molar-refractivity contribution in [3.8, 4) is 11.4 Å². The van der Waals surface area contributed by atoms with Gasteiger partial charge in [0.15, 0.2) is 0 Å². The molecule has 3 aromatic rings. The molecule has 0 atom stereocenters. The Balaban J connectivity index is 1.52. The molecular weight excluding hydrogens is 314 g/mol. The number of hydrogen-bond acceptors (Lipinski definition) is 3. The minimum absolute atomic E-state index is 0.114. The highest BCUT2D eigenvalue weighted by molar-refractivity contribution is 6.00. The molecule has 2 heterocycles. The number of nitrogens with one attached hydrogen (secondary N) is 3. The number of aryl methyl sites for hydroxylation is 1. The van der Waals surface area contributed by atoms with Gasteiger partial charge < -0.3 is 10.3 Å². The molecule has 3 N–H and O–H groups in total. The molecule has 1 aliphatic rings. The number of H-pyrrole nitrogens is 2. The predicted octanol–water partition coefficient (Wildman–Crippen LogP) is 3.00. The number of aromatic nitrogens is 4. The molecular formula is C19H21N5O. The molecule has 1 aliphatic carbocycles. The van der Waals surface area contributed by atoms with E-state index < -0.39 is 0 Å². The van der Waals surface area contributed by atoms with Crippen LogP contribution in [0.1, 0.15) is 46.6 Å². The molecule has 1 aromatic carbocycles. The highest BCUT2D eigenvalue weighted by Gasteiger charge is 2.18. The van der Waals surface area contributed by atoms with Crippen LogP contribution in [0.25, 0.3) is 11.4 Å². The third-order valence-electron chi connectivity index (χ3n) is 4.73. The van der Waals surface area contributed by atoms with Gasteiger partial charge in [0.1, 0.15) is 5.82 Å². The largest absolute Gasteiger partial charge is 0.346 e. The van der Waals surface area contributed by atoms with Gasteiger partial charge in [-0.2, -0.15) is 5.10 Å². The Morgan fingerprint density at radius 3 is 2.92 bits per heavy atom. The molecule has 0 radical (unpaired) electrons. The lowest BCUT2D eigenvalue weighted by Crippen LogP contribution is -2.24. The number of aromatic amines is 2. The van der Waals surface area contributed by atoms with Crippen molar-refractivity contribution in [1.82, 2.24) is 25.5 Å². The van der Waals surface area contributed by atoms with E-state index in [1.165, 1.54) is 30.5 Å². The molecule has 2 aromatic heterocycles. The van der Waals surface area contributed by atoms with Gasteiger partial charge in [0.05, 0.1) is 17.8 Å². The van der Waals surface area contributed by atoms with E-state index in [1.54, 1.807) is 12.4 Å². The van der Waals surface area contributed by atoms with E-state index in [0.717, 1.165) is 24.1 Å². The monoisotopic (exact) mass is 335 g/mol. The number of rotatable bonds is 4. The lowest BCUT2D eigenvalue weighted by molar-refractivity contribution is 0.0951. The van der Waals surface area contributed by atoms with Crippen LogP contribution in [0.5, 0.6) is 0 Å². The molecule has 4 rings (SSSR count). The van der Waals surface area contributed by atoms with Gasteiger partial charge in [-0.25, -0.2) is 4.98 Å². The zero-order valence-electron chi connectivity index (χ0n) is 14.0. The van der Waals surface area contributed by atoms with Crippen molar-refractivity contribution in [3.05, 3.63) is 59.2 Å². The Labute approximate surface area is 146 Å². The van der Waals surface area contributed by atoms with Gasteiger partial charge in [0, 0.05) is 23.7 Å². The fourth-order valence-corrected chi connectivity index (χ4v) is 3.43. The van der Waals surface area contributed by atoms with Gasteiger partial charge in [-0.15, -0.1) is 0 Å². The van der Waals surface area contributed by atoms with Crippen molar-refractivity contribution in [3.63, 3.8) is 0 Å². The minimum atomic E-state index is -0.114. The second kappa shape index (κ2) is 6.93. The summed E-state index contributed by atoms with van der Waals surface area (Å²) < 4.78 is 0. The number of nitrogens with zero attached hydrogens (tertiary/aromatic N) is 2. The maximum Gasteiger partial charge on any atom is 0.252 e. The normalized spacial score (nSPS) is 13.9. The standard InChI is InChI=1S/C19H21N5O/c25-19(14-7-5-4-6-13(14)18-20-10-11-21-18)22-12-17-15-8-2-1-3-9-16(15)23-24-17/h4-7,10-11H,1-3,8-9,12H2,(H,20,21)(H,22,25)(H,23,24). The fraction of sp³-hybridized carbons (Fsp3) is 0.316. The van der Waals surface area contributed by atoms with Crippen LogP contribution in [0.3, 0.4) is 0 Å². The zero-order valence-corrected chi connectivity index (χ0v) is 14.0. The van der Waals surface area contributed by atoms with Crippen LogP contribution in [-0.4, -0.2) is 26.1 Å². The summed E-state index contributed by atoms with van der Waals surface area (Å²) in [7, 11) is 0. The van der Waals surface area contributed by atoms with Crippen molar-refractivity contribution < 1.29 is 4.79 Å². The van der Waals surface area contributed by atoms with Crippen molar-refractivity contribution in [2.75, 3.05) is 0 Å². The molecule has 6 nitrogen and oxygen atoms in total. The number of imidazole rings is 1. The molecule has 0 saturated carbocycles. The summed E-state index contributed by atoms with van der Waals surface area (Å²) in [5.41, 5.74) is 4.89. The van der Waals surface area contributed by atoms with E-state index in [0.29, 0.717) is 17.9 Å². The van der Waals surface area contributed by atoms with Crippen LogP contribution < -0.4 is 5.32 Å². The average molecular weight is 335 g/mol. The first kappa shape index (κ1) is 15.6. The molecule has 1 amide bonds. The second-order valence-electron chi connectivity index (χ2n) is 6.35. The van der Waals surface area contributed by atoms with Crippen molar-refractivity contribution in [1.29, 1.82) is 0 Å². The van der Waals surface area contributed by atoms with Crippen LogP contribution in [-0.2, 0) is 19.4 Å². The Morgan fingerprint density at radius 1 is 1.16 bits per heavy atom. The number of hydrogen-bond donors (Lipinski definition) is 3. The summed E-state index contributed by atoms with van der Waals surface area (Å²) in [5.74, 6) is 0.580. The molecule has 128 valence electrons. The fourth-order valence-electron chi connectivity index (χ4n) is 3.43. The maximum atomic E-state index is 12.7. The Hall–Kier alpha value is -2.89. The van der Waals surface area contributed by atoms with Gasteiger partial charge >= 0.3 is 0 Å². The van der Waals surface area contributed by atoms with E-state index in [2.05, 4.69) is 25.5 Å². The SMILES string of the molecule is O=C(NCc1n[nH]c2c1CCCCC2)c1ccccc1-c1ncc[nH]1. The van der Waals surface area contributed by atoms with Crippen LogP contribution in [0, 0.1) is 0 Å². The summed E-state index contributed by atoms with van der Waals surface area (Å²) in [6.45, 7) is 0.442. The summed E-state index contributed by atoms with van der Waals surface area (Å²) in [6, 6.07) is 7.48. The van der Waals surface area contributed by atoms with Gasteiger partial charge in [-0.3, -0.25) is 9.89 Å². The highest BCUT2D eigenvalue weighted by atomic mass is 16.1. The molecule has 6 heteroatoms. The van der Waals surface area contributed by atoms with E-state index in [9.17, 15) is 4.79 Å². The summed E-state index contributed by atoms with van der Waals surface area (Å²) in [4.78, 5) is 20.0. The first-order valence-electron chi connectivity index (χ1n) is 8.75. The third-order valence-corrected chi connectivity index (χ3v) is 4.73. The van der Waals surface area contributed by atoms with Crippen LogP contribution >= 0.6 is 0 Å². The first-order chi connectivity index (χ1) is 12.3. The summed E-state index contributed by atoms with van der Waals surface area (Å²) in [6.07, 6.45) is 9.18. The quantitative estimate of drug-likeness (QED) is 0.641. The van der Waals surface area contributed by atoms with Crippen LogP contribution in [0.2, 0.25) is 0 Å². The summed E-state index contributed by atoms with van der Waals surface area (Å²) >= 11 is 0. The second-order valence-corrected chi connectivity index (χ2v) is 6.35. The first-order valence-corrected chi connectivity index (χ1v) is 8.75. The molecule has 25 heavy (non-hydrogen) atoms. The van der Waals surface area contributed by atoms with E-state index >= 15 is 0 Å².